The van der Waals surface area contributed by atoms with Crippen molar-refractivity contribution in [3.8, 4) is 0 Å². The number of thioether (sulfide) groups is 1. The number of halogens is 3. The van der Waals surface area contributed by atoms with Gasteiger partial charge in [-0.3, -0.25) is 14.5 Å². The molecule has 0 saturated heterocycles. The van der Waals surface area contributed by atoms with Crippen LogP contribution in [0.3, 0.4) is 0 Å². The van der Waals surface area contributed by atoms with Crippen LogP contribution in [-0.2, 0) is 11.0 Å². The Morgan fingerprint density at radius 3 is 2.62 bits per heavy atom. The molecule has 0 aliphatic rings. The number of carbonyl (C=O) groups excluding carboxylic acids is 2. The molecule has 0 radical (unpaired) electrons. The third-order valence-corrected chi connectivity index (χ3v) is 3.65. The standard InChI is InChI=1S/C13H14F3N5O2S/c1-7(2)17-11(23)18-10(22)6-24-12-20-19-9-4-3-8(5-21(9)12)13(14,15)16/h3-5,7H,6H2,1-2H3,(H2,17,18,22,23). The fourth-order valence-electron chi connectivity index (χ4n) is 1.73. The van der Waals surface area contributed by atoms with Crippen molar-refractivity contribution in [2.75, 3.05) is 5.75 Å². The number of pyridine rings is 1. The molecule has 0 aromatic carbocycles. The molecule has 130 valence electrons. The molecule has 0 bridgehead atoms. The number of fused-ring (bicyclic) bond motifs is 1. The van der Waals surface area contributed by atoms with Gasteiger partial charge in [-0.2, -0.15) is 13.2 Å². The van der Waals surface area contributed by atoms with Crippen LogP contribution in [0.4, 0.5) is 18.0 Å². The van der Waals surface area contributed by atoms with Gasteiger partial charge in [-0.1, -0.05) is 11.8 Å². The number of carbonyl (C=O) groups is 2. The van der Waals surface area contributed by atoms with E-state index in [4.69, 9.17) is 0 Å². The lowest BCUT2D eigenvalue weighted by molar-refractivity contribution is -0.137. The summed E-state index contributed by atoms with van der Waals surface area (Å²) in [6.07, 6.45) is -3.63. The fraction of sp³-hybridized carbons (Fsp3) is 0.385. The quantitative estimate of drug-likeness (QED) is 0.814. The first-order valence-corrected chi connectivity index (χ1v) is 7.80. The van der Waals surface area contributed by atoms with Gasteiger partial charge in [0.15, 0.2) is 10.8 Å². The average Bonchev–Trinajstić information content (AvgIpc) is 2.85. The number of nitrogens with zero attached hydrogens (tertiary/aromatic N) is 3. The number of alkyl halides is 3. The van der Waals surface area contributed by atoms with Crippen molar-refractivity contribution in [2.45, 2.75) is 31.2 Å². The van der Waals surface area contributed by atoms with Crippen LogP contribution in [0.2, 0.25) is 0 Å². The van der Waals surface area contributed by atoms with Crippen LogP contribution >= 0.6 is 11.8 Å². The van der Waals surface area contributed by atoms with Gasteiger partial charge in [-0.05, 0) is 26.0 Å². The first-order valence-electron chi connectivity index (χ1n) is 6.82. The predicted octanol–water partition coefficient (Wildman–Crippen LogP) is 2.07. The second-order valence-electron chi connectivity index (χ2n) is 5.09. The van der Waals surface area contributed by atoms with Crippen LogP contribution < -0.4 is 10.6 Å². The minimum atomic E-state index is -4.49. The topological polar surface area (TPSA) is 88.4 Å². The molecule has 0 spiro atoms. The number of hydrogen-bond donors (Lipinski definition) is 2. The molecule has 7 nitrogen and oxygen atoms in total. The SMILES string of the molecule is CC(C)NC(=O)NC(=O)CSc1nnc2ccc(C(F)(F)F)cn12. The van der Waals surface area contributed by atoms with Gasteiger partial charge < -0.3 is 5.32 Å². The minimum Gasteiger partial charge on any atom is -0.336 e. The number of amides is 3. The lowest BCUT2D eigenvalue weighted by Crippen LogP contribution is -2.43. The Morgan fingerprint density at radius 2 is 2.00 bits per heavy atom. The third kappa shape index (κ3) is 4.60. The summed E-state index contributed by atoms with van der Waals surface area (Å²) in [5.41, 5.74) is -0.624. The molecule has 2 aromatic heterocycles. The molecule has 24 heavy (non-hydrogen) atoms. The van der Waals surface area contributed by atoms with Gasteiger partial charge >= 0.3 is 12.2 Å². The van der Waals surface area contributed by atoms with E-state index in [2.05, 4.69) is 20.8 Å². The molecule has 11 heteroatoms. The Kier molecular flexibility index (Phi) is 5.32. The lowest BCUT2D eigenvalue weighted by atomic mass is 10.3. The van der Waals surface area contributed by atoms with Gasteiger partial charge in [0.25, 0.3) is 0 Å². The Morgan fingerprint density at radius 1 is 1.29 bits per heavy atom. The molecule has 2 rings (SSSR count). The van der Waals surface area contributed by atoms with Crippen molar-refractivity contribution < 1.29 is 22.8 Å². The molecule has 2 N–H and O–H groups in total. The molecule has 0 saturated carbocycles. The first kappa shape index (κ1) is 18.0. The summed E-state index contributed by atoms with van der Waals surface area (Å²) in [5.74, 6) is -0.787. The molecule has 2 aromatic rings. The highest BCUT2D eigenvalue weighted by molar-refractivity contribution is 7.99. The molecular weight excluding hydrogens is 347 g/mol. The number of imide groups is 1. The summed E-state index contributed by atoms with van der Waals surface area (Å²) in [7, 11) is 0. The van der Waals surface area contributed by atoms with Crippen LogP contribution in [0.1, 0.15) is 19.4 Å². The van der Waals surface area contributed by atoms with Crippen LogP contribution in [0.15, 0.2) is 23.5 Å². The Labute approximate surface area is 139 Å². The van der Waals surface area contributed by atoms with Crippen molar-refractivity contribution in [1.29, 1.82) is 0 Å². The van der Waals surface area contributed by atoms with E-state index >= 15 is 0 Å². The van der Waals surface area contributed by atoms with E-state index in [9.17, 15) is 22.8 Å². The molecule has 3 amide bonds. The normalized spacial score (nSPS) is 11.8. The Balaban J connectivity index is 2.05. The zero-order valence-electron chi connectivity index (χ0n) is 12.7. The summed E-state index contributed by atoms with van der Waals surface area (Å²) < 4.78 is 39.4. The fourth-order valence-corrected chi connectivity index (χ4v) is 2.44. The van der Waals surface area contributed by atoms with Crippen LogP contribution in [0.25, 0.3) is 5.65 Å². The number of urea groups is 1. The van der Waals surface area contributed by atoms with Crippen molar-refractivity contribution in [3.05, 3.63) is 23.9 Å². The number of rotatable bonds is 4. The zero-order valence-corrected chi connectivity index (χ0v) is 13.5. The number of aromatic nitrogens is 3. The smallest absolute Gasteiger partial charge is 0.336 e. The second-order valence-corrected chi connectivity index (χ2v) is 6.03. The molecule has 0 aliphatic carbocycles. The molecule has 0 unspecified atom stereocenters. The van der Waals surface area contributed by atoms with E-state index in [1.54, 1.807) is 13.8 Å². The minimum absolute atomic E-state index is 0.121. The van der Waals surface area contributed by atoms with Gasteiger partial charge in [0.2, 0.25) is 5.91 Å². The van der Waals surface area contributed by atoms with E-state index in [0.29, 0.717) is 0 Å². The van der Waals surface area contributed by atoms with Crippen molar-refractivity contribution in [3.63, 3.8) is 0 Å². The van der Waals surface area contributed by atoms with Crippen molar-refractivity contribution in [1.82, 2.24) is 25.2 Å². The molecular formula is C13H14F3N5O2S. The number of nitrogens with one attached hydrogen (secondary N) is 2. The maximum Gasteiger partial charge on any atom is 0.417 e. The van der Waals surface area contributed by atoms with Crippen LogP contribution in [0, 0.1) is 0 Å². The lowest BCUT2D eigenvalue weighted by Gasteiger charge is -2.09. The highest BCUT2D eigenvalue weighted by Gasteiger charge is 2.31. The van der Waals surface area contributed by atoms with E-state index in [-0.39, 0.29) is 22.6 Å². The van der Waals surface area contributed by atoms with Gasteiger partial charge in [-0.15, -0.1) is 10.2 Å². The van der Waals surface area contributed by atoms with E-state index in [0.717, 1.165) is 28.4 Å². The van der Waals surface area contributed by atoms with Gasteiger partial charge in [0.1, 0.15) is 0 Å². The summed E-state index contributed by atoms with van der Waals surface area (Å²) >= 11 is 0.875. The molecule has 2 heterocycles. The number of hydrogen-bond acceptors (Lipinski definition) is 5. The highest BCUT2D eigenvalue weighted by atomic mass is 32.2. The van der Waals surface area contributed by atoms with Crippen molar-refractivity contribution >= 4 is 29.3 Å². The van der Waals surface area contributed by atoms with Crippen LogP contribution in [0.5, 0.6) is 0 Å². The Hall–Kier alpha value is -2.30. The van der Waals surface area contributed by atoms with E-state index in [1.165, 1.54) is 6.07 Å². The summed E-state index contributed by atoms with van der Waals surface area (Å²) in [5, 5.41) is 12.2. The summed E-state index contributed by atoms with van der Waals surface area (Å²) in [6, 6.07) is 1.32. The second kappa shape index (κ2) is 7.07. The predicted molar refractivity (Wildman–Crippen MR) is 80.5 cm³/mol. The largest absolute Gasteiger partial charge is 0.417 e. The van der Waals surface area contributed by atoms with Crippen molar-refractivity contribution in [2.24, 2.45) is 0 Å². The Bertz CT molecular complexity index is 760. The maximum atomic E-state index is 12.7. The molecule has 0 atom stereocenters. The van der Waals surface area contributed by atoms with Gasteiger partial charge in [0.05, 0.1) is 11.3 Å². The monoisotopic (exact) mass is 361 g/mol. The average molecular weight is 361 g/mol. The summed E-state index contributed by atoms with van der Waals surface area (Å²) in [6.45, 7) is 3.47. The van der Waals surface area contributed by atoms with Gasteiger partial charge in [-0.25, -0.2) is 4.79 Å². The van der Waals surface area contributed by atoms with E-state index < -0.39 is 23.7 Å². The zero-order chi connectivity index (χ0) is 17.9. The summed E-state index contributed by atoms with van der Waals surface area (Å²) in [4.78, 5) is 23.0. The first-order chi connectivity index (χ1) is 11.2. The maximum absolute atomic E-state index is 12.7. The van der Waals surface area contributed by atoms with E-state index in [1.807, 2.05) is 0 Å². The highest BCUT2D eigenvalue weighted by Crippen LogP contribution is 2.30. The molecule has 0 aliphatic heterocycles. The third-order valence-electron chi connectivity index (χ3n) is 2.70. The van der Waals surface area contributed by atoms with Gasteiger partial charge in [0, 0.05) is 12.2 Å². The van der Waals surface area contributed by atoms with Crippen LogP contribution in [-0.4, -0.2) is 38.3 Å². The molecule has 0 fully saturated rings.